The van der Waals surface area contributed by atoms with Crippen LogP contribution >= 0.6 is 0 Å². The first-order valence-electron chi connectivity index (χ1n) is 8.11. The van der Waals surface area contributed by atoms with E-state index in [1.807, 2.05) is 19.1 Å². The third kappa shape index (κ3) is 2.65. The van der Waals surface area contributed by atoms with Gasteiger partial charge in [-0.2, -0.15) is 0 Å². The first-order valence-corrected chi connectivity index (χ1v) is 9.66. The summed E-state index contributed by atoms with van der Waals surface area (Å²) in [6, 6.07) is 15.1. The predicted octanol–water partition coefficient (Wildman–Crippen LogP) is 2.25. The van der Waals surface area contributed by atoms with Crippen LogP contribution in [-0.2, 0) is 21.1 Å². The smallest absolute Gasteiger partial charge is 0.314 e. The number of aryl methyl sites for hydroxylation is 1. The van der Waals surface area contributed by atoms with Crippen molar-refractivity contribution in [1.29, 1.82) is 0 Å². The Kier molecular flexibility index (Phi) is 4.43. The summed E-state index contributed by atoms with van der Waals surface area (Å²) in [4.78, 5) is 12.0. The molecule has 2 N–H and O–H groups in total. The Labute approximate surface area is 146 Å². The molecule has 25 heavy (non-hydrogen) atoms. The van der Waals surface area contributed by atoms with E-state index >= 15 is 0 Å². The lowest BCUT2D eigenvalue weighted by Crippen LogP contribution is -2.27. The highest BCUT2D eigenvalue weighted by Gasteiger charge is 2.75. The summed E-state index contributed by atoms with van der Waals surface area (Å²) in [6.07, 6.45) is 0.834. The zero-order valence-electron chi connectivity index (χ0n) is 13.8. The molecule has 3 atom stereocenters. The van der Waals surface area contributed by atoms with Gasteiger partial charge >= 0.3 is 5.97 Å². The number of carboxylic acid groups (broad SMARTS) is 1. The van der Waals surface area contributed by atoms with Crippen LogP contribution in [0.1, 0.15) is 24.0 Å². The molecule has 1 fully saturated rings. The molecule has 0 amide bonds. The quantitative estimate of drug-likeness (QED) is 0.824. The minimum absolute atomic E-state index is 0.0757. The second kappa shape index (κ2) is 6.28. The number of carboxylic acids is 1. The number of benzene rings is 2. The van der Waals surface area contributed by atoms with Gasteiger partial charge in [0.2, 0.25) is 0 Å². The maximum atomic E-state index is 13.0. The SMILES string of the molecule is CCc1ccc([C@@H]2[C@@H](S(=O)(=O)c3ccccc3)[C@]2(CO)C(=O)O)cc1. The van der Waals surface area contributed by atoms with Crippen molar-refractivity contribution in [3.8, 4) is 0 Å². The molecule has 0 spiro atoms. The van der Waals surface area contributed by atoms with Crippen molar-refractivity contribution in [3.63, 3.8) is 0 Å². The van der Waals surface area contributed by atoms with Crippen molar-refractivity contribution >= 4 is 15.8 Å². The van der Waals surface area contributed by atoms with E-state index in [4.69, 9.17) is 0 Å². The van der Waals surface area contributed by atoms with E-state index in [1.54, 1.807) is 30.3 Å². The van der Waals surface area contributed by atoms with Crippen LogP contribution in [0.25, 0.3) is 0 Å². The summed E-state index contributed by atoms with van der Waals surface area (Å²) < 4.78 is 26.0. The van der Waals surface area contributed by atoms with Gasteiger partial charge < -0.3 is 10.2 Å². The largest absolute Gasteiger partial charge is 0.481 e. The van der Waals surface area contributed by atoms with Gasteiger partial charge in [0.25, 0.3) is 0 Å². The molecule has 0 heterocycles. The van der Waals surface area contributed by atoms with E-state index in [2.05, 4.69) is 0 Å². The first kappa shape index (κ1) is 17.6. The van der Waals surface area contributed by atoms with Gasteiger partial charge in [-0.15, -0.1) is 0 Å². The van der Waals surface area contributed by atoms with Crippen molar-refractivity contribution in [2.24, 2.45) is 5.41 Å². The molecule has 0 aromatic heterocycles. The lowest BCUT2D eigenvalue weighted by molar-refractivity contribution is -0.145. The van der Waals surface area contributed by atoms with Gasteiger partial charge in [-0.05, 0) is 29.7 Å². The fraction of sp³-hybridized carbons (Fsp3) is 0.316. The van der Waals surface area contributed by atoms with Crippen LogP contribution in [0.3, 0.4) is 0 Å². The predicted molar refractivity (Wildman–Crippen MR) is 93.1 cm³/mol. The average molecular weight is 360 g/mol. The highest BCUT2D eigenvalue weighted by molar-refractivity contribution is 7.92. The van der Waals surface area contributed by atoms with Crippen molar-refractivity contribution in [1.82, 2.24) is 0 Å². The van der Waals surface area contributed by atoms with E-state index in [1.165, 1.54) is 12.1 Å². The molecule has 2 aromatic carbocycles. The van der Waals surface area contributed by atoms with Crippen LogP contribution in [0.15, 0.2) is 59.5 Å². The van der Waals surface area contributed by atoms with Crippen LogP contribution in [0.5, 0.6) is 0 Å². The van der Waals surface area contributed by atoms with Gasteiger partial charge in [-0.25, -0.2) is 8.42 Å². The van der Waals surface area contributed by atoms with Crippen molar-refractivity contribution in [3.05, 3.63) is 65.7 Å². The molecule has 5 nitrogen and oxygen atoms in total. The van der Waals surface area contributed by atoms with Crippen molar-refractivity contribution < 1.29 is 23.4 Å². The van der Waals surface area contributed by atoms with Crippen LogP contribution in [0.2, 0.25) is 0 Å². The first-order chi connectivity index (χ1) is 11.9. The Morgan fingerprint density at radius 2 is 1.68 bits per heavy atom. The summed E-state index contributed by atoms with van der Waals surface area (Å²) in [6.45, 7) is 1.28. The molecular formula is C19H20O5S. The monoisotopic (exact) mass is 360 g/mol. The second-order valence-electron chi connectivity index (χ2n) is 6.36. The average Bonchev–Trinajstić information content (AvgIpc) is 3.34. The van der Waals surface area contributed by atoms with Gasteiger partial charge in [0.15, 0.2) is 9.84 Å². The van der Waals surface area contributed by atoms with Crippen molar-refractivity contribution in [2.75, 3.05) is 6.61 Å². The maximum Gasteiger partial charge on any atom is 0.314 e. The molecule has 0 bridgehead atoms. The lowest BCUT2D eigenvalue weighted by Gasteiger charge is -2.09. The highest BCUT2D eigenvalue weighted by Crippen LogP contribution is 2.64. The molecule has 1 aliphatic carbocycles. The van der Waals surface area contributed by atoms with Crippen LogP contribution in [0.4, 0.5) is 0 Å². The summed E-state index contributed by atoms with van der Waals surface area (Å²) in [5.41, 5.74) is -0.00229. The summed E-state index contributed by atoms with van der Waals surface area (Å²) >= 11 is 0. The molecule has 0 unspecified atom stereocenters. The minimum atomic E-state index is -3.88. The number of sulfone groups is 1. The summed E-state index contributed by atoms with van der Waals surface area (Å²) in [5.74, 6) is -2.06. The minimum Gasteiger partial charge on any atom is -0.481 e. The fourth-order valence-electron chi connectivity index (χ4n) is 3.56. The summed E-state index contributed by atoms with van der Waals surface area (Å²) in [5, 5.41) is 18.3. The number of aliphatic hydroxyl groups is 1. The van der Waals surface area contributed by atoms with Gasteiger partial charge in [0, 0.05) is 5.92 Å². The van der Waals surface area contributed by atoms with Gasteiger partial charge in [-0.1, -0.05) is 49.4 Å². The van der Waals surface area contributed by atoms with Gasteiger partial charge in [0.05, 0.1) is 16.8 Å². The Bertz CT molecular complexity index is 874. The Hall–Kier alpha value is -2.18. The molecule has 132 valence electrons. The molecule has 6 heteroatoms. The molecular weight excluding hydrogens is 340 g/mol. The molecule has 1 saturated carbocycles. The van der Waals surface area contributed by atoms with E-state index in [0.29, 0.717) is 5.56 Å². The van der Waals surface area contributed by atoms with Crippen LogP contribution in [-0.4, -0.2) is 36.5 Å². The lowest BCUT2D eigenvalue weighted by atomic mass is 9.99. The Morgan fingerprint density at radius 1 is 1.08 bits per heavy atom. The second-order valence-corrected chi connectivity index (χ2v) is 8.42. The van der Waals surface area contributed by atoms with E-state index in [9.17, 15) is 23.4 Å². The number of carbonyl (C=O) groups is 1. The zero-order chi connectivity index (χ0) is 18.2. The van der Waals surface area contributed by atoms with E-state index < -0.39 is 39.0 Å². The molecule has 0 saturated heterocycles. The van der Waals surface area contributed by atoms with Crippen LogP contribution in [0, 0.1) is 5.41 Å². The number of aliphatic hydroxyl groups excluding tert-OH is 1. The van der Waals surface area contributed by atoms with Crippen molar-refractivity contribution in [2.45, 2.75) is 29.4 Å². The summed E-state index contributed by atoms with van der Waals surface area (Å²) in [7, 11) is -3.88. The van der Waals surface area contributed by atoms with Gasteiger partial charge in [0.1, 0.15) is 5.41 Å². The number of hydrogen-bond acceptors (Lipinski definition) is 4. The number of rotatable bonds is 6. The Morgan fingerprint density at radius 3 is 2.16 bits per heavy atom. The molecule has 2 aromatic rings. The zero-order valence-corrected chi connectivity index (χ0v) is 14.6. The normalized spacial score (nSPS) is 25.5. The standard InChI is InChI=1S/C19H20O5S/c1-2-13-8-10-14(11-9-13)16-17(19(16,12-20)18(21)22)25(23,24)15-6-4-3-5-7-15/h3-11,16-17,20H,2,12H2,1H3,(H,21,22)/t16-,17-,19-/m1/s1. The van der Waals surface area contributed by atoms with E-state index in [-0.39, 0.29) is 4.90 Å². The van der Waals surface area contributed by atoms with Gasteiger partial charge in [-0.3, -0.25) is 4.79 Å². The van der Waals surface area contributed by atoms with Crippen LogP contribution < -0.4 is 0 Å². The van der Waals surface area contributed by atoms with E-state index in [0.717, 1.165) is 12.0 Å². The third-order valence-electron chi connectivity index (χ3n) is 5.07. The third-order valence-corrected chi connectivity index (χ3v) is 7.36. The highest BCUT2D eigenvalue weighted by atomic mass is 32.2. The Balaban J connectivity index is 2.08. The molecule has 3 rings (SSSR count). The molecule has 0 aliphatic heterocycles. The number of aliphatic carboxylic acids is 1. The number of hydrogen-bond donors (Lipinski definition) is 2. The molecule has 1 aliphatic rings. The maximum absolute atomic E-state index is 13.0. The topological polar surface area (TPSA) is 91.7 Å². The fourth-order valence-corrected chi connectivity index (χ4v) is 5.95. The molecule has 0 radical (unpaired) electrons.